The van der Waals surface area contributed by atoms with Gasteiger partial charge in [-0.1, -0.05) is 31.4 Å². The van der Waals surface area contributed by atoms with Gasteiger partial charge in [0.1, 0.15) is 18.0 Å². The molecular weight excluding hydrogens is 555 g/mol. The van der Waals surface area contributed by atoms with E-state index in [4.69, 9.17) is 36.5 Å². The zero-order chi connectivity index (χ0) is 29.0. The molecule has 3 N–H and O–H groups in total. The average Bonchev–Trinajstić information content (AvgIpc) is 3.14. The highest BCUT2D eigenvalue weighted by atomic mass is 35.5. The molecule has 212 valence electrons. The fourth-order valence-electron chi connectivity index (χ4n) is 3.72. The van der Waals surface area contributed by atoms with Crippen molar-refractivity contribution in [1.82, 2.24) is 9.55 Å². The minimum atomic E-state index is -4.14. The monoisotopic (exact) mass is 584 g/mol. The van der Waals surface area contributed by atoms with Crippen molar-refractivity contribution in [3.63, 3.8) is 0 Å². The minimum Gasteiger partial charge on any atom is -0.462 e. The van der Waals surface area contributed by atoms with Gasteiger partial charge in [0.2, 0.25) is 0 Å². The first-order valence-electron chi connectivity index (χ1n) is 12.1. The lowest BCUT2D eigenvalue weighted by molar-refractivity contribution is -0.152. The molecule has 1 aliphatic rings. The Labute approximate surface area is 229 Å². The maximum Gasteiger partial charge on any atom is 0.380 e. The van der Waals surface area contributed by atoms with E-state index in [9.17, 15) is 29.2 Å². The van der Waals surface area contributed by atoms with Gasteiger partial charge in [0.15, 0.2) is 11.8 Å². The number of nitrogens with one attached hydrogen (secondary N) is 1. The first-order chi connectivity index (χ1) is 18.3. The van der Waals surface area contributed by atoms with E-state index in [1.165, 1.54) is 31.2 Å². The summed E-state index contributed by atoms with van der Waals surface area (Å²) >= 11 is 5.91. The molecular formula is C25H30ClN2O10P. The van der Waals surface area contributed by atoms with Crippen LogP contribution in [0, 0.1) is 18.3 Å². The summed E-state index contributed by atoms with van der Waals surface area (Å²) in [7, 11) is -4.14. The third-order valence-corrected chi connectivity index (χ3v) is 8.38. The molecule has 0 spiro atoms. The number of hydrogen-bond donors (Lipinski definition) is 3. The van der Waals surface area contributed by atoms with Crippen LogP contribution in [-0.4, -0.2) is 62.4 Å². The highest BCUT2D eigenvalue weighted by Crippen LogP contribution is 2.51. The third kappa shape index (κ3) is 7.19. The number of hydrogen-bond acceptors (Lipinski definition) is 10. The summed E-state index contributed by atoms with van der Waals surface area (Å²) in [6, 6.07) is 6.93. The fraction of sp³-hybridized carbons (Fsp3) is 0.480. The molecule has 0 aliphatic carbocycles. The summed E-state index contributed by atoms with van der Waals surface area (Å²) in [5.74, 6) is 0.650. The molecule has 1 aliphatic heterocycles. The van der Waals surface area contributed by atoms with Gasteiger partial charge in [-0.3, -0.25) is 23.7 Å². The summed E-state index contributed by atoms with van der Waals surface area (Å²) in [5.41, 5.74) is -4.05. The van der Waals surface area contributed by atoms with Crippen molar-refractivity contribution < 1.29 is 38.1 Å². The lowest BCUT2D eigenvalue weighted by Crippen LogP contribution is -2.48. The molecule has 2 heterocycles. The Balaban J connectivity index is 1.84. The van der Waals surface area contributed by atoms with Crippen molar-refractivity contribution in [3.8, 4) is 18.1 Å². The molecule has 14 heteroatoms. The number of aliphatic hydroxyl groups excluding tert-OH is 1. The number of carbonyl (C=O) groups is 1. The predicted octanol–water partition coefficient (Wildman–Crippen LogP) is 2.08. The lowest BCUT2D eigenvalue weighted by Gasteiger charge is -2.26. The van der Waals surface area contributed by atoms with Crippen molar-refractivity contribution in [2.75, 3.05) is 12.8 Å². The van der Waals surface area contributed by atoms with Crippen LogP contribution in [0.15, 0.2) is 46.1 Å². The summed E-state index contributed by atoms with van der Waals surface area (Å²) in [5, 5.41) is 22.2. The van der Waals surface area contributed by atoms with Gasteiger partial charge in [-0.25, -0.2) is 9.36 Å². The predicted molar refractivity (Wildman–Crippen MR) is 141 cm³/mol. The third-order valence-electron chi connectivity index (χ3n) is 6.10. The molecule has 1 saturated heterocycles. The molecule has 1 aromatic heterocycles. The van der Waals surface area contributed by atoms with Crippen LogP contribution in [0.4, 0.5) is 0 Å². The van der Waals surface area contributed by atoms with E-state index in [2.05, 4.69) is 0 Å². The van der Waals surface area contributed by atoms with Gasteiger partial charge in [0.05, 0.1) is 24.8 Å². The van der Waals surface area contributed by atoms with Gasteiger partial charge in [0, 0.05) is 17.3 Å². The van der Waals surface area contributed by atoms with Gasteiger partial charge in [0.25, 0.3) is 5.56 Å². The largest absolute Gasteiger partial charge is 0.462 e. The number of terminal acetylenes is 1. The van der Waals surface area contributed by atoms with Crippen LogP contribution in [0.25, 0.3) is 0 Å². The van der Waals surface area contributed by atoms with Crippen molar-refractivity contribution in [2.24, 2.45) is 5.92 Å². The molecule has 1 aromatic carbocycles. The summed E-state index contributed by atoms with van der Waals surface area (Å²) in [6.45, 7) is 4.46. The molecule has 1 unspecified atom stereocenters. The van der Waals surface area contributed by atoms with Crippen LogP contribution in [0.3, 0.4) is 0 Å². The van der Waals surface area contributed by atoms with Gasteiger partial charge in [-0.05, 0) is 37.6 Å². The lowest BCUT2D eigenvalue weighted by atomic mass is 9.95. The number of rotatable bonds is 11. The van der Waals surface area contributed by atoms with Crippen molar-refractivity contribution in [3.05, 3.63) is 62.4 Å². The molecule has 0 bridgehead atoms. The molecule has 2 aromatic rings. The summed E-state index contributed by atoms with van der Waals surface area (Å²) in [6.07, 6.45) is 1.54. The second-order valence-corrected chi connectivity index (χ2v) is 11.6. The van der Waals surface area contributed by atoms with Gasteiger partial charge >= 0.3 is 19.3 Å². The van der Waals surface area contributed by atoms with Crippen LogP contribution in [0.5, 0.6) is 5.75 Å². The Bertz CT molecular complexity index is 1370. The van der Waals surface area contributed by atoms with Gasteiger partial charge in [-0.15, -0.1) is 6.42 Å². The molecule has 7 atom stereocenters. The Kier molecular flexibility index (Phi) is 9.83. The SMILES string of the molecule is C#C[C@@]1(O)[C@H](O)[C@@H](COP(=O)(C[C@@H](C)C(=O)O[C@H](C)CC)Oc2ccc(Cl)cc2)O[C@H]1n1ccc(=O)[nH]c1=O. The number of halogens is 1. The zero-order valence-electron chi connectivity index (χ0n) is 21.5. The zero-order valence-corrected chi connectivity index (χ0v) is 23.1. The number of esters is 1. The van der Waals surface area contributed by atoms with Gasteiger partial charge < -0.3 is 24.2 Å². The minimum absolute atomic E-state index is 0.135. The molecule has 3 rings (SSSR count). The second kappa shape index (κ2) is 12.5. The Hall–Kier alpha value is -2.91. The standard InChI is InChI=1S/C25H30ClN2O10P/c1-5-16(4)36-22(31)15(3)14-39(34,38-18-9-7-17(26)8-10-18)35-13-19-21(30)25(33,6-2)23(37-19)28-12-11-20(29)27-24(28)32/h2,7-12,15-16,19,21,23,30,33H,5,13-14H2,1,3-4H3,(H,27,29,32)/t15-,16-,19-,21-,23-,25-,39?/m1/s1. The quantitative estimate of drug-likeness (QED) is 0.202. The maximum atomic E-state index is 13.9. The maximum absolute atomic E-state index is 13.9. The van der Waals surface area contributed by atoms with Crippen LogP contribution < -0.4 is 15.8 Å². The summed E-state index contributed by atoms with van der Waals surface area (Å²) in [4.78, 5) is 38.3. The molecule has 0 saturated carbocycles. The normalized spacial score (nSPS) is 25.7. The highest BCUT2D eigenvalue weighted by Gasteiger charge is 2.56. The number of ether oxygens (including phenoxy) is 2. The van der Waals surface area contributed by atoms with Crippen LogP contribution >= 0.6 is 19.2 Å². The number of aliphatic hydroxyl groups is 2. The molecule has 12 nitrogen and oxygen atoms in total. The molecule has 0 radical (unpaired) electrons. The highest BCUT2D eigenvalue weighted by molar-refractivity contribution is 7.54. The number of aromatic nitrogens is 2. The van der Waals surface area contributed by atoms with E-state index < -0.39 is 67.5 Å². The van der Waals surface area contributed by atoms with Crippen LogP contribution in [-0.2, 0) is 23.4 Å². The number of aromatic amines is 1. The second-order valence-electron chi connectivity index (χ2n) is 9.15. The van der Waals surface area contributed by atoms with E-state index in [0.29, 0.717) is 11.4 Å². The number of carbonyl (C=O) groups excluding carboxylic acids is 1. The number of benzene rings is 1. The summed E-state index contributed by atoms with van der Waals surface area (Å²) < 4.78 is 36.9. The first kappa shape index (κ1) is 30.6. The van der Waals surface area contributed by atoms with E-state index in [0.717, 1.165) is 16.8 Å². The van der Waals surface area contributed by atoms with E-state index in [1.54, 1.807) is 6.92 Å². The van der Waals surface area contributed by atoms with Crippen molar-refractivity contribution >= 4 is 25.2 Å². The molecule has 0 amide bonds. The van der Waals surface area contributed by atoms with E-state index in [-0.39, 0.29) is 11.9 Å². The first-order valence-corrected chi connectivity index (χ1v) is 14.2. The van der Waals surface area contributed by atoms with Crippen LogP contribution in [0.1, 0.15) is 33.4 Å². The van der Waals surface area contributed by atoms with E-state index in [1.807, 2.05) is 17.8 Å². The topological polar surface area (TPSA) is 166 Å². The fourth-order valence-corrected chi connectivity index (χ4v) is 5.71. The van der Waals surface area contributed by atoms with Gasteiger partial charge in [-0.2, -0.15) is 0 Å². The van der Waals surface area contributed by atoms with Crippen molar-refractivity contribution in [1.29, 1.82) is 0 Å². The Morgan fingerprint density at radius 1 is 1.31 bits per heavy atom. The number of nitrogens with zero attached hydrogens (tertiary/aromatic N) is 1. The number of H-pyrrole nitrogens is 1. The Morgan fingerprint density at radius 3 is 2.56 bits per heavy atom. The Morgan fingerprint density at radius 2 is 1.97 bits per heavy atom. The van der Waals surface area contributed by atoms with Crippen LogP contribution in [0.2, 0.25) is 5.02 Å². The van der Waals surface area contributed by atoms with Crippen molar-refractivity contribution in [2.45, 2.75) is 57.3 Å². The smallest absolute Gasteiger partial charge is 0.380 e. The molecule has 39 heavy (non-hydrogen) atoms. The average molecular weight is 585 g/mol. The molecule has 1 fully saturated rings. The van der Waals surface area contributed by atoms with E-state index >= 15 is 0 Å².